The van der Waals surface area contributed by atoms with Crippen LogP contribution in [0.15, 0.2) is 48.5 Å². The van der Waals surface area contributed by atoms with Crippen LogP contribution in [0.5, 0.6) is 0 Å². The number of rotatable bonds is 7. The first-order valence-electron chi connectivity index (χ1n) is 7.68. The third-order valence-corrected chi connectivity index (χ3v) is 4.40. The quantitative estimate of drug-likeness (QED) is 0.818. The molecule has 0 aliphatic heterocycles. The van der Waals surface area contributed by atoms with Crippen LogP contribution in [0.3, 0.4) is 0 Å². The third-order valence-electron chi connectivity index (χ3n) is 3.97. The van der Waals surface area contributed by atoms with Crippen molar-refractivity contribution in [1.29, 1.82) is 0 Å². The standard InChI is InChI=1S/C19H24ClNO/c1-14-11-17(9-10-18(14)20)12-19(21-3)15(2)22-13-16-7-5-4-6-8-16/h4-11,15,19,21H,12-13H2,1-3H3. The highest BCUT2D eigenvalue weighted by Gasteiger charge is 2.17. The molecule has 0 spiro atoms. The molecule has 0 aliphatic rings. The number of benzene rings is 2. The maximum Gasteiger partial charge on any atom is 0.0721 e. The summed E-state index contributed by atoms with van der Waals surface area (Å²) in [6.45, 7) is 4.79. The Kier molecular flexibility index (Phi) is 6.44. The molecule has 0 bridgehead atoms. The zero-order chi connectivity index (χ0) is 15.9. The molecule has 2 aromatic carbocycles. The van der Waals surface area contributed by atoms with E-state index in [2.05, 4.69) is 36.5 Å². The van der Waals surface area contributed by atoms with E-state index < -0.39 is 0 Å². The fraction of sp³-hybridized carbons (Fsp3) is 0.368. The summed E-state index contributed by atoms with van der Waals surface area (Å²) in [5.74, 6) is 0. The Morgan fingerprint density at radius 3 is 2.45 bits per heavy atom. The Morgan fingerprint density at radius 1 is 1.09 bits per heavy atom. The molecule has 0 saturated heterocycles. The molecule has 1 N–H and O–H groups in total. The van der Waals surface area contributed by atoms with Crippen LogP contribution in [-0.4, -0.2) is 19.2 Å². The summed E-state index contributed by atoms with van der Waals surface area (Å²) >= 11 is 6.09. The summed E-state index contributed by atoms with van der Waals surface area (Å²) in [6, 6.07) is 16.7. The number of likely N-dealkylation sites (N-methyl/N-ethyl adjacent to an activating group) is 1. The fourth-order valence-corrected chi connectivity index (χ4v) is 2.63. The third kappa shape index (κ3) is 4.84. The number of nitrogens with one attached hydrogen (secondary N) is 1. The van der Waals surface area contributed by atoms with Gasteiger partial charge in [0, 0.05) is 11.1 Å². The lowest BCUT2D eigenvalue weighted by atomic mass is 10.0. The second-order valence-corrected chi connectivity index (χ2v) is 6.09. The van der Waals surface area contributed by atoms with Gasteiger partial charge in [-0.3, -0.25) is 0 Å². The van der Waals surface area contributed by atoms with Crippen molar-refractivity contribution in [3.8, 4) is 0 Å². The molecule has 2 unspecified atom stereocenters. The van der Waals surface area contributed by atoms with Crippen LogP contribution in [-0.2, 0) is 17.8 Å². The maximum absolute atomic E-state index is 6.09. The average molecular weight is 318 g/mol. The van der Waals surface area contributed by atoms with Gasteiger partial charge in [-0.15, -0.1) is 0 Å². The normalized spacial score (nSPS) is 13.8. The Morgan fingerprint density at radius 2 is 1.82 bits per heavy atom. The number of hydrogen-bond acceptors (Lipinski definition) is 2. The second-order valence-electron chi connectivity index (χ2n) is 5.68. The van der Waals surface area contributed by atoms with Gasteiger partial charge < -0.3 is 10.1 Å². The molecule has 0 aliphatic carbocycles. The second kappa shape index (κ2) is 8.33. The molecule has 0 heterocycles. The van der Waals surface area contributed by atoms with Gasteiger partial charge >= 0.3 is 0 Å². The first kappa shape index (κ1) is 17.0. The Balaban J connectivity index is 1.93. The van der Waals surface area contributed by atoms with Gasteiger partial charge in [0.15, 0.2) is 0 Å². The van der Waals surface area contributed by atoms with Crippen LogP contribution >= 0.6 is 11.6 Å². The van der Waals surface area contributed by atoms with Gasteiger partial charge in [-0.25, -0.2) is 0 Å². The molecule has 118 valence electrons. The van der Waals surface area contributed by atoms with Crippen LogP contribution in [0.2, 0.25) is 5.02 Å². The number of hydrogen-bond donors (Lipinski definition) is 1. The molecule has 22 heavy (non-hydrogen) atoms. The lowest BCUT2D eigenvalue weighted by Gasteiger charge is -2.24. The summed E-state index contributed by atoms with van der Waals surface area (Å²) in [5.41, 5.74) is 3.59. The highest BCUT2D eigenvalue weighted by molar-refractivity contribution is 6.31. The van der Waals surface area contributed by atoms with E-state index in [1.54, 1.807) is 0 Å². The van der Waals surface area contributed by atoms with Gasteiger partial charge in [-0.2, -0.15) is 0 Å². The van der Waals surface area contributed by atoms with E-state index in [0.29, 0.717) is 6.61 Å². The molecule has 2 atom stereocenters. The van der Waals surface area contributed by atoms with Crippen molar-refractivity contribution in [2.24, 2.45) is 0 Å². The number of ether oxygens (including phenoxy) is 1. The van der Waals surface area contributed by atoms with Crippen molar-refractivity contribution in [3.63, 3.8) is 0 Å². The minimum atomic E-state index is 0.126. The molecule has 3 heteroatoms. The van der Waals surface area contributed by atoms with E-state index in [1.807, 2.05) is 38.2 Å². The zero-order valence-corrected chi connectivity index (χ0v) is 14.2. The van der Waals surface area contributed by atoms with Crippen molar-refractivity contribution in [2.75, 3.05) is 7.05 Å². The summed E-state index contributed by atoms with van der Waals surface area (Å²) in [7, 11) is 1.98. The van der Waals surface area contributed by atoms with Crippen LogP contribution in [0.25, 0.3) is 0 Å². The molecule has 0 amide bonds. The van der Waals surface area contributed by atoms with Gasteiger partial charge in [-0.1, -0.05) is 54.1 Å². The van der Waals surface area contributed by atoms with Gasteiger partial charge in [0.1, 0.15) is 0 Å². The van der Waals surface area contributed by atoms with Crippen LogP contribution in [0.1, 0.15) is 23.6 Å². The van der Waals surface area contributed by atoms with E-state index in [9.17, 15) is 0 Å². The lowest BCUT2D eigenvalue weighted by Crippen LogP contribution is -2.39. The molecule has 2 aromatic rings. The first-order valence-corrected chi connectivity index (χ1v) is 8.05. The Hall–Kier alpha value is -1.35. The van der Waals surface area contributed by atoms with Crippen LogP contribution in [0.4, 0.5) is 0 Å². The maximum atomic E-state index is 6.09. The fourth-order valence-electron chi connectivity index (χ4n) is 2.51. The van der Waals surface area contributed by atoms with Gasteiger partial charge in [-0.05, 0) is 50.1 Å². The average Bonchev–Trinajstić information content (AvgIpc) is 2.54. The predicted octanol–water partition coefficient (Wildman–Crippen LogP) is 4.38. The highest BCUT2D eigenvalue weighted by Crippen LogP contribution is 2.18. The van der Waals surface area contributed by atoms with Crippen molar-refractivity contribution < 1.29 is 4.74 Å². The largest absolute Gasteiger partial charge is 0.372 e. The van der Waals surface area contributed by atoms with Crippen LogP contribution in [0, 0.1) is 6.92 Å². The summed E-state index contributed by atoms with van der Waals surface area (Å²) < 4.78 is 6.02. The molecular weight excluding hydrogens is 294 g/mol. The molecule has 2 rings (SSSR count). The topological polar surface area (TPSA) is 21.3 Å². The van der Waals surface area contributed by atoms with Crippen molar-refractivity contribution >= 4 is 11.6 Å². The van der Waals surface area contributed by atoms with E-state index in [-0.39, 0.29) is 12.1 Å². The van der Waals surface area contributed by atoms with Gasteiger partial charge in [0.2, 0.25) is 0 Å². The van der Waals surface area contributed by atoms with E-state index in [1.165, 1.54) is 11.1 Å². The molecule has 0 radical (unpaired) electrons. The smallest absolute Gasteiger partial charge is 0.0721 e. The lowest BCUT2D eigenvalue weighted by molar-refractivity contribution is 0.0288. The first-order chi connectivity index (χ1) is 10.6. The zero-order valence-electron chi connectivity index (χ0n) is 13.5. The van der Waals surface area contributed by atoms with Gasteiger partial charge in [0.25, 0.3) is 0 Å². The van der Waals surface area contributed by atoms with E-state index in [4.69, 9.17) is 16.3 Å². The molecule has 2 nitrogen and oxygen atoms in total. The van der Waals surface area contributed by atoms with Gasteiger partial charge in [0.05, 0.1) is 12.7 Å². The predicted molar refractivity (Wildman–Crippen MR) is 93.4 cm³/mol. The Bertz CT molecular complexity index is 585. The SMILES string of the molecule is CNC(Cc1ccc(Cl)c(C)c1)C(C)OCc1ccccc1. The van der Waals surface area contributed by atoms with Crippen molar-refractivity contribution in [1.82, 2.24) is 5.32 Å². The van der Waals surface area contributed by atoms with E-state index in [0.717, 1.165) is 17.0 Å². The summed E-state index contributed by atoms with van der Waals surface area (Å²) in [4.78, 5) is 0. The highest BCUT2D eigenvalue weighted by atomic mass is 35.5. The molecule has 0 fully saturated rings. The van der Waals surface area contributed by atoms with Crippen molar-refractivity contribution in [2.45, 2.75) is 39.0 Å². The molecule has 0 aromatic heterocycles. The monoisotopic (exact) mass is 317 g/mol. The number of aryl methyl sites for hydroxylation is 1. The van der Waals surface area contributed by atoms with Crippen LogP contribution < -0.4 is 5.32 Å². The summed E-state index contributed by atoms with van der Waals surface area (Å²) in [5, 5.41) is 4.18. The molecule has 0 saturated carbocycles. The van der Waals surface area contributed by atoms with E-state index >= 15 is 0 Å². The minimum Gasteiger partial charge on any atom is -0.372 e. The minimum absolute atomic E-state index is 0.126. The van der Waals surface area contributed by atoms with Crippen molar-refractivity contribution in [3.05, 3.63) is 70.2 Å². The molecular formula is C19H24ClNO. The Labute approximate surface area is 138 Å². The number of halogens is 1. The summed E-state index contributed by atoms with van der Waals surface area (Å²) in [6.07, 6.45) is 1.05.